The monoisotopic (exact) mass is 298 g/mol. The third-order valence-corrected chi connectivity index (χ3v) is 2.88. The van der Waals surface area contributed by atoms with Gasteiger partial charge < -0.3 is 21.1 Å². The zero-order chi connectivity index (χ0) is 14.7. The van der Waals surface area contributed by atoms with Crippen LogP contribution in [0.3, 0.4) is 0 Å². The molecule has 2 rings (SSSR count). The van der Waals surface area contributed by atoms with E-state index in [1.165, 1.54) is 14.2 Å². The molecule has 0 fully saturated rings. The first-order chi connectivity index (χ1) is 9.60. The summed E-state index contributed by atoms with van der Waals surface area (Å²) in [6.45, 7) is 0. The molecule has 0 saturated heterocycles. The molecular weight excluding hydrogens is 283 g/mol. The van der Waals surface area contributed by atoms with Gasteiger partial charge in [-0.05, 0) is 6.07 Å². The van der Waals surface area contributed by atoms with Gasteiger partial charge in [0.2, 0.25) is 11.5 Å². The zero-order valence-corrected chi connectivity index (χ0v) is 14.1. The summed E-state index contributed by atoms with van der Waals surface area (Å²) in [5.74, 6) is -1.24. The number of hydrogen-bond donors (Lipinski definition) is 2. The average molecular weight is 298 g/mol. The Balaban J connectivity index is 0.00000220. The van der Waals surface area contributed by atoms with Crippen LogP contribution >= 0.6 is 0 Å². The minimum atomic E-state index is -0.464. The summed E-state index contributed by atoms with van der Waals surface area (Å²) < 4.78 is 10.1. The van der Waals surface area contributed by atoms with Crippen molar-refractivity contribution in [2.24, 2.45) is 0 Å². The summed E-state index contributed by atoms with van der Waals surface area (Å²) in [7, 11) is 2.67. The van der Waals surface area contributed by atoms with Gasteiger partial charge in [-0.1, -0.05) is 30.3 Å². The third-order valence-electron chi connectivity index (χ3n) is 2.88. The number of hydrogen-bond acceptors (Lipinski definition) is 5. The maximum absolute atomic E-state index is 12.4. The van der Waals surface area contributed by atoms with Gasteiger partial charge in [0.15, 0.2) is 17.3 Å². The Hall–Kier alpha value is -1.69. The number of benzene rings is 2. The second kappa shape index (κ2) is 7.36. The van der Waals surface area contributed by atoms with Crippen LogP contribution in [-0.2, 0) is 0 Å². The van der Waals surface area contributed by atoms with Crippen molar-refractivity contribution in [1.29, 1.82) is 0 Å². The fourth-order valence-corrected chi connectivity index (χ4v) is 1.92. The van der Waals surface area contributed by atoms with Crippen molar-refractivity contribution < 1.29 is 55.5 Å². The van der Waals surface area contributed by atoms with Crippen molar-refractivity contribution in [3.8, 4) is 23.0 Å². The summed E-state index contributed by atoms with van der Waals surface area (Å²) in [6, 6.07) is 9.72. The molecule has 0 aliphatic carbocycles. The molecule has 21 heavy (non-hydrogen) atoms. The number of ether oxygens (including phenoxy) is 2. The molecular formula is C15H15NaO5. The topological polar surface area (TPSA) is 76.0 Å². The van der Waals surface area contributed by atoms with E-state index in [1.54, 1.807) is 30.3 Å². The Morgan fingerprint density at radius 2 is 1.62 bits per heavy atom. The number of aromatic hydroxyl groups is 2. The number of phenolic OH excluding ortho intramolecular Hbond substituents is 2. The van der Waals surface area contributed by atoms with E-state index < -0.39 is 11.5 Å². The summed E-state index contributed by atoms with van der Waals surface area (Å²) in [4.78, 5) is 12.4. The van der Waals surface area contributed by atoms with Gasteiger partial charge in [0.25, 0.3) is 0 Å². The van der Waals surface area contributed by atoms with Crippen molar-refractivity contribution in [3.63, 3.8) is 0 Å². The molecule has 0 spiro atoms. The fraction of sp³-hybridized carbons (Fsp3) is 0.133. The molecule has 0 radical (unpaired) electrons. The molecule has 6 heteroatoms. The van der Waals surface area contributed by atoms with Crippen LogP contribution in [0.2, 0.25) is 0 Å². The molecule has 0 atom stereocenters. The van der Waals surface area contributed by atoms with Gasteiger partial charge in [0.1, 0.15) is 0 Å². The maximum Gasteiger partial charge on any atom is 1.00 e. The summed E-state index contributed by atoms with van der Waals surface area (Å²) in [6.07, 6.45) is 0. The number of phenols is 2. The first kappa shape index (κ1) is 17.4. The molecule has 0 amide bonds. The van der Waals surface area contributed by atoms with E-state index in [-0.39, 0.29) is 53.8 Å². The van der Waals surface area contributed by atoms with Crippen LogP contribution in [0.25, 0.3) is 0 Å². The molecule has 5 nitrogen and oxygen atoms in total. The molecule has 0 bridgehead atoms. The number of carbonyl (C=O) groups is 1. The molecule has 0 aliphatic rings. The van der Waals surface area contributed by atoms with Crippen LogP contribution < -0.4 is 39.0 Å². The second-order valence-corrected chi connectivity index (χ2v) is 4.05. The van der Waals surface area contributed by atoms with Gasteiger partial charge >= 0.3 is 29.6 Å². The largest absolute Gasteiger partial charge is 1.00 e. The Morgan fingerprint density at radius 3 is 2.14 bits per heavy atom. The van der Waals surface area contributed by atoms with E-state index in [4.69, 9.17) is 9.47 Å². The van der Waals surface area contributed by atoms with Crippen LogP contribution in [0.1, 0.15) is 17.3 Å². The molecule has 0 aromatic heterocycles. The zero-order valence-electron chi connectivity index (χ0n) is 13.1. The smallest absolute Gasteiger partial charge is 1.00 e. The Bertz CT molecular complexity index is 646. The molecule has 0 saturated carbocycles. The quantitative estimate of drug-likeness (QED) is 0.450. The van der Waals surface area contributed by atoms with Crippen molar-refractivity contribution in [2.45, 2.75) is 0 Å². The fourth-order valence-electron chi connectivity index (χ4n) is 1.92. The molecule has 0 unspecified atom stereocenters. The van der Waals surface area contributed by atoms with E-state index >= 15 is 0 Å². The van der Waals surface area contributed by atoms with Crippen LogP contribution in [0.5, 0.6) is 23.0 Å². The molecule has 2 aromatic carbocycles. The van der Waals surface area contributed by atoms with Crippen LogP contribution in [-0.4, -0.2) is 30.2 Å². The van der Waals surface area contributed by atoms with E-state index in [1.807, 2.05) is 0 Å². The van der Waals surface area contributed by atoms with Crippen LogP contribution in [0.4, 0.5) is 0 Å². The van der Waals surface area contributed by atoms with Gasteiger partial charge in [0, 0.05) is 5.56 Å². The molecule has 2 aromatic rings. The van der Waals surface area contributed by atoms with Gasteiger partial charge in [-0.15, -0.1) is 0 Å². The van der Waals surface area contributed by atoms with Crippen molar-refractivity contribution >= 4 is 5.78 Å². The first-order valence-electron chi connectivity index (χ1n) is 5.86. The van der Waals surface area contributed by atoms with E-state index in [2.05, 4.69) is 0 Å². The third kappa shape index (κ3) is 3.32. The predicted octanol–water partition coefficient (Wildman–Crippen LogP) is -0.538. The molecule has 2 N–H and O–H groups in total. The maximum atomic E-state index is 12.4. The van der Waals surface area contributed by atoms with E-state index in [9.17, 15) is 15.0 Å². The summed E-state index contributed by atoms with van der Waals surface area (Å²) >= 11 is 0. The Morgan fingerprint density at radius 1 is 1.05 bits per heavy atom. The van der Waals surface area contributed by atoms with Crippen molar-refractivity contribution in [2.75, 3.05) is 14.2 Å². The number of carbonyl (C=O) groups excluding carboxylic acids is 1. The minimum absolute atomic E-state index is 0. The van der Waals surface area contributed by atoms with Gasteiger partial charge in [-0.25, -0.2) is 0 Å². The SMILES string of the molecule is COc1c(C(=O)c2ccccc2)cc(O)c(O)c1OC.[H-].[Na+]. The first-order valence-corrected chi connectivity index (χ1v) is 5.86. The van der Waals surface area contributed by atoms with Crippen LogP contribution in [0, 0.1) is 0 Å². The van der Waals surface area contributed by atoms with Crippen LogP contribution in [0.15, 0.2) is 36.4 Å². The summed E-state index contributed by atoms with van der Waals surface area (Å²) in [5, 5.41) is 19.4. The molecule has 0 aliphatic heterocycles. The predicted molar refractivity (Wildman–Crippen MR) is 73.9 cm³/mol. The van der Waals surface area contributed by atoms with E-state index in [0.717, 1.165) is 6.07 Å². The standard InChI is InChI=1S/C15H14O5.Na.H/c1-19-14-10(8-11(16)13(18)15(14)20-2)12(17)9-6-4-3-5-7-9;;/h3-8,16,18H,1-2H3;;/q;+1;-1. The Kier molecular flexibility index (Phi) is 6.08. The van der Waals surface area contributed by atoms with Crippen molar-refractivity contribution in [3.05, 3.63) is 47.5 Å². The number of methoxy groups -OCH3 is 2. The van der Waals surface area contributed by atoms with E-state index in [0.29, 0.717) is 5.56 Å². The minimum Gasteiger partial charge on any atom is -1.00 e. The van der Waals surface area contributed by atoms with Gasteiger partial charge in [-0.3, -0.25) is 4.79 Å². The van der Waals surface area contributed by atoms with Crippen molar-refractivity contribution in [1.82, 2.24) is 0 Å². The Labute approximate surface area is 145 Å². The summed E-state index contributed by atoms with van der Waals surface area (Å²) in [5.41, 5.74) is 0.559. The average Bonchev–Trinajstić information content (AvgIpc) is 2.49. The molecule has 106 valence electrons. The van der Waals surface area contributed by atoms with Gasteiger partial charge in [-0.2, -0.15) is 0 Å². The van der Waals surface area contributed by atoms with Gasteiger partial charge in [0.05, 0.1) is 19.8 Å². The molecule has 0 heterocycles. The number of ketones is 1. The second-order valence-electron chi connectivity index (χ2n) is 4.05. The normalized spacial score (nSPS) is 9.62. The number of rotatable bonds is 4.